The summed E-state index contributed by atoms with van der Waals surface area (Å²) in [6.45, 7) is 2.10. The van der Waals surface area contributed by atoms with Crippen molar-refractivity contribution in [2.45, 2.75) is 38.6 Å². The number of benzene rings is 1. The van der Waals surface area contributed by atoms with Gasteiger partial charge in [0.25, 0.3) is 0 Å². The summed E-state index contributed by atoms with van der Waals surface area (Å²) < 4.78 is 17.0. The summed E-state index contributed by atoms with van der Waals surface area (Å²) in [5.74, 6) is 2.83. The van der Waals surface area contributed by atoms with Crippen LogP contribution in [0.2, 0.25) is 0 Å². The molecule has 5 rings (SSSR count). The van der Waals surface area contributed by atoms with Crippen LogP contribution in [-0.4, -0.2) is 46.2 Å². The largest absolute Gasteiger partial charge is 0.493 e. The molecule has 2 aromatic rings. The number of carbonyl (C=O) groups is 2. The quantitative estimate of drug-likeness (QED) is 0.411. The number of fused-ring (bicyclic) bond motifs is 5. The van der Waals surface area contributed by atoms with E-state index in [4.69, 9.17) is 14.2 Å². The summed E-state index contributed by atoms with van der Waals surface area (Å²) in [5, 5.41) is 9.05. The lowest BCUT2D eigenvalue weighted by atomic mass is 9.94. The fraction of sp³-hybridized carbons (Fsp3) is 0.452. The van der Waals surface area contributed by atoms with Crippen LogP contribution in [0.3, 0.4) is 0 Å². The SMILES string of the molecule is COc1cc2c(c(OC)c1OC)-c1ccc(NCC(=O)NC[C@@H]3C[C@H]4C=C[C@H]3C4)c(=O)cc1[C@@H](NC(C)=O)CC2. The first kappa shape index (κ1) is 27.6. The molecule has 0 aliphatic heterocycles. The Bertz CT molecular complexity index is 1400. The maximum absolute atomic E-state index is 13.4. The molecular formula is C31H37N3O6. The molecule has 0 saturated heterocycles. The summed E-state index contributed by atoms with van der Waals surface area (Å²) in [5.41, 5.74) is 3.17. The van der Waals surface area contributed by atoms with Gasteiger partial charge in [-0.25, -0.2) is 0 Å². The number of carbonyl (C=O) groups excluding carboxylic acids is 2. The maximum atomic E-state index is 13.4. The molecule has 2 aromatic carbocycles. The van der Waals surface area contributed by atoms with Crippen molar-refractivity contribution in [2.75, 3.05) is 39.7 Å². The molecule has 9 nitrogen and oxygen atoms in total. The average Bonchev–Trinajstić information content (AvgIpc) is 3.49. The van der Waals surface area contributed by atoms with E-state index in [-0.39, 0.29) is 23.8 Å². The highest BCUT2D eigenvalue weighted by Crippen LogP contribution is 2.50. The Morgan fingerprint density at radius 3 is 2.45 bits per heavy atom. The van der Waals surface area contributed by atoms with Gasteiger partial charge in [0.2, 0.25) is 23.0 Å². The van der Waals surface area contributed by atoms with Gasteiger partial charge in [-0.2, -0.15) is 0 Å². The Labute approximate surface area is 234 Å². The third kappa shape index (κ3) is 5.37. The van der Waals surface area contributed by atoms with Crippen molar-refractivity contribution in [3.05, 3.63) is 57.8 Å². The molecule has 2 bridgehead atoms. The number of amides is 2. The normalized spacial score (nSPS) is 22.0. The molecule has 0 spiro atoms. The van der Waals surface area contributed by atoms with E-state index in [1.807, 2.05) is 12.1 Å². The van der Waals surface area contributed by atoms with E-state index in [1.165, 1.54) is 13.3 Å². The predicted octanol–water partition coefficient (Wildman–Crippen LogP) is 3.60. The molecule has 4 atom stereocenters. The monoisotopic (exact) mass is 547 g/mol. The second-order valence-electron chi connectivity index (χ2n) is 10.8. The topological polar surface area (TPSA) is 115 Å². The summed E-state index contributed by atoms with van der Waals surface area (Å²) in [6.07, 6.45) is 8.06. The number of ether oxygens (including phenoxy) is 3. The van der Waals surface area contributed by atoms with Gasteiger partial charge in [0, 0.05) is 19.0 Å². The Morgan fingerprint density at radius 1 is 1.00 bits per heavy atom. The number of hydrogen-bond acceptors (Lipinski definition) is 7. The molecule has 0 unspecified atom stereocenters. The van der Waals surface area contributed by atoms with Crippen LogP contribution in [0.5, 0.6) is 17.2 Å². The van der Waals surface area contributed by atoms with Gasteiger partial charge in [0.05, 0.1) is 39.6 Å². The molecule has 9 heteroatoms. The number of nitrogens with one attached hydrogen (secondary N) is 3. The van der Waals surface area contributed by atoms with Crippen LogP contribution in [0, 0.1) is 17.8 Å². The lowest BCUT2D eigenvalue weighted by Crippen LogP contribution is -2.35. The van der Waals surface area contributed by atoms with Gasteiger partial charge in [0.15, 0.2) is 11.5 Å². The third-order valence-electron chi connectivity index (χ3n) is 8.33. The minimum absolute atomic E-state index is 0.0133. The van der Waals surface area contributed by atoms with Crippen LogP contribution < -0.4 is 35.6 Å². The lowest BCUT2D eigenvalue weighted by molar-refractivity contribution is -0.120. The number of anilines is 1. The van der Waals surface area contributed by atoms with Gasteiger partial charge >= 0.3 is 0 Å². The summed E-state index contributed by atoms with van der Waals surface area (Å²) in [6, 6.07) is 6.59. The fourth-order valence-electron chi connectivity index (χ4n) is 6.47. The second-order valence-corrected chi connectivity index (χ2v) is 10.8. The standard InChI is InChI=1S/C31H37N3O6/c1-17(35)34-24-9-7-20-13-27(38-2)30(39-3)31(40-4)29(20)22-8-10-25(26(36)14-23(22)24)32-16-28(37)33-15-21-12-18-5-6-19(21)11-18/h5-6,8,10,13-14,18-19,21,24H,7,9,11-12,15-16H2,1-4H3,(H,32,36)(H,33,37)(H,34,35)/t18-,19-,21-,24-/m0/s1. The highest BCUT2D eigenvalue weighted by atomic mass is 16.5. The number of rotatable bonds is 9. The predicted molar refractivity (Wildman–Crippen MR) is 153 cm³/mol. The van der Waals surface area contributed by atoms with Crippen molar-refractivity contribution >= 4 is 17.5 Å². The van der Waals surface area contributed by atoms with E-state index in [0.29, 0.717) is 65.6 Å². The molecule has 1 fully saturated rings. The maximum Gasteiger partial charge on any atom is 0.239 e. The van der Waals surface area contributed by atoms with Crippen molar-refractivity contribution in [3.8, 4) is 28.4 Å². The minimum atomic E-state index is -0.395. The van der Waals surface area contributed by atoms with E-state index in [2.05, 4.69) is 28.1 Å². The van der Waals surface area contributed by atoms with Crippen LogP contribution in [0.25, 0.3) is 11.1 Å². The van der Waals surface area contributed by atoms with Gasteiger partial charge in [-0.1, -0.05) is 18.2 Å². The average molecular weight is 548 g/mol. The van der Waals surface area contributed by atoms with Crippen molar-refractivity contribution in [2.24, 2.45) is 17.8 Å². The van der Waals surface area contributed by atoms with Crippen LogP contribution in [0.1, 0.15) is 43.4 Å². The van der Waals surface area contributed by atoms with E-state index in [0.717, 1.165) is 23.1 Å². The van der Waals surface area contributed by atoms with Gasteiger partial charge < -0.3 is 30.2 Å². The number of allylic oxidation sites excluding steroid dienone is 2. The molecule has 3 aliphatic carbocycles. The first-order chi connectivity index (χ1) is 19.3. The smallest absolute Gasteiger partial charge is 0.239 e. The van der Waals surface area contributed by atoms with E-state index in [9.17, 15) is 14.4 Å². The number of methoxy groups -OCH3 is 3. The number of aryl methyl sites for hydroxylation is 1. The molecule has 1 saturated carbocycles. The van der Waals surface area contributed by atoms with Crippen LogP contribution in [0.15, 0.2) is 41.2 Å². The minimum Gasteiger partial charge on any atom is -0.493 e. The third-order valence-corrected chi connectivity index (χ3v) is 8.33. The zero-order valence-electron chi connectivity index (χ0n) is 23.5. The summed E-state index contributed by atoms with van der Waals surface area (Å²) in [7, 11) is 4.68. The van der Waals surface area contributed by atoms with E-state index < -0.39 is 6.04 Å². The first-order valence-electron chi connectivity index (χ1n) is 13.8. The lowest BCUT2D eigenvalue weighted by Gasteiger charge is -2.19. The van der Waals surface area contributed by atoms with E-state index >= 15 is 0 Å². The molecule has 212 valence electrons. The number of hydrogen-bond donors (Lipinski definition) is 3. The van der Waals surface area contributed by atoms with Crippen LogP contribution in [0.4, 0.5) is 5.69 Å². The van der Waals surface area contributed by atoms with Crippen molar-refractivity contribution < 1.29 is 23.8 Å². The second kappa shape index (κ2) is 11.6. The molecule has 3 aliphatic rings. The van der Waals surface area contributed by atoms with Crippen LogP contribution >= 0.6 is 0 Å². The summed E-state index contributed by atoms with van der Waals surface area (Å²) in [4.78, 5) is 38.2. The molecule has 0 aromatic heterocycles. The Kier molecular flexibility index (Phi) is 8.00. The van der Waals surface area contributed by atoms with Crippen LogP contribution in [-0.2, 0) is 16.0 Å². The van der Waals surface area contributed by atoms with Gasteiger partial charge in [-0.3, -0.25) is 14.4 Å². The molecule has 0 heterocycles. The molecular weight excluding hydrogens is 510 g/mol. The zero-order valence-corrected chi connectivity index (χ0v) is 23.5. The van der Waals surface area contributed by atoms with Gasteiger partial charge in [0.1, 0.15) is 0 Å². The fourth-order valence-corrected chi connectivity index (χ4v) is 6.47. The van der Waals surface area contributed by atoms with E-state index in [1.54, 1.807) is 33.5 Å². The molecule has 3 N–H and O–H groups in total. The molecule has 40 heavy (non-hydrogen) atoms. The van der Waals surface area contributed by atoms with Gasteiger partial charge in [-0.05, 0) is 78.3 Å². The highest BCUT2D eigenvalue weighted by molar-refractivity contribution is 5.84. The van der Waals surface area contributed by atoms with Crippen molar-refractivity contribution in [3.63, 3.8) is 0 Å². The van der Waals surface area contributed by atoms with Crippen molar-refractivity contribution in [1.29, 1.82) is 0 Å². The summed E-state index contributed by atoms with van der Waals surface area (Å²) >= 11 is 0. The Balaban J connectivity index is 1.46. The Hall–Kier alpha value is -4.01. The van der Waals surface area contributed by atoms with Crippen molar-refractivity contribution in [1.82, 2.24) is 10.6 Å². The zero-order chi connectivity index (χ0) is 28.4. The first-order valence-corrected chi connectivity index (χ1v) is 13.8. The molecule has 2 amide bonds. The highest BCUT2D eigenvalue weighted by Gasteiger charge is 2.35. The molecule has 0 radical (unpaired) electrons. The Morgan fingerprint density at radius 2 is 1.80 bits per heavy atom. The van der Waals surface area contributed by atoms with Gasteiger partial charge in [-0.15, -0.1) is 0 Å².